The van der Waals surface area contributed by atoms with Crippen LogP contribution >= 0.6 is 0 Å². The summed E-state index contributed by atoms with van der Waals surface area (Å²) in [5, 5.41) is 22.6. The van der Waals surface area contributed by atoms with Crippen LogP contribution in [0.5, 0.6) is 5.75 Å². The van der Waals surface area contributed by atoms with Crippen molar-refractivity contribution >= 4 is 53.9 Å². The van der Waals surface area contributed by atoms with E-state index in [1.807, 2.05) is 6.07 Å². The van der Waals surface area contributed by atoms with Gasteiger partial charge in [0, 0.05) is 10.8 Å². The minimum absolute atomic E-state index is 0.349. The predicted octanol–water partition coefficient (Wildman–Crippen LogP) is 6.60. The number of benzene rings is 6. The summed E-state index contributed by atoms with van der Waals surface area (Å²) < 4.78 is 0. The van der Waals surface area contributed by atoms with Gasteiger partial charge in [0.15, 0.2) is 0 Å². The van der Waals surface area contributed by atoms with Crippen molar-refractivity contribution in [2.45, 2.75) is 0 Å². The van der Waals surface area contributed by atoms with Crippen LogP contribution < -0.4 is 0 Å². The Balaban J connectivity index is 2.16. The van der Waals surface area contributed by atoms with Gasteiger partial charge in [0.25, 0.3) is 0 Å². The molecule has 25 heavy (non-hydrogen) atoms. The largest absolute Gasteiger partial charge is 0.507 e. The van der Waals surface area contributed by atoms with Crippen LogP contribution in [0.25, 0.3) is 53.9 Å². The van der Waals surface area contributed by atoms with Crippen molar-refractivity contribution in [1.82, 2.24) is 0 Å². The lowest BCUT2D eigenvalue weighted by molar-refractivity contribution is 0.482. The maximum atomic E-state index is 10.7. The third-order valence-corrected chi connectivity index (χ3v) is 5.45. The Morgan fingerprint density at radius 1 is 0.440 bits per heavy atom. The van der Waals surface area contributed by atoms with Crippen LogP contribution in [-0.4, -0.2) is 5.11 Å². The number of phenols is 1. The number of hydrogen-bond acceptors (Lipinski definition) is 1. The number of hydrogen-bond donors (Lipinski definition) is 1. The van der Waals surface area contributed by atoms with Crippen molar-refractivity contribution in [2.75, 3.05) is 0 Å². The molecule has 1 N–H and O–H groups in total. The molecule has 0 fully saturated rings. The molecular weight excluding hydrogens is 304 g/mol. The quantitative estimate of drug-likeness (QED) is 0.247. The molecule has 0 unspecified atom stereocenters. The monoisotopic (exact) mass is 318 g/mol. The molecule has 0 spiro atoms. The number of aromatic hydroxyl groups is 1. The fourth-order valence-corrected chi connectivity index (χ4v) is 4.45. The Hall–Kier alpha value is -3.32. The summed E-state index contributed by atoms with van der Waals surface area (Å²) >= 11 is 0. The van der Waals surface area contributed by atoms with Crippen LogP contribution in [0.15, 0.2) is 78.9 Å². The van der Waals surface area contributed by atoms with Gasteiger partial charge in [0.1, 0.15) is 5.75 Å². The first-order chi connectivity index (χ1) is 12.3. The number of rotatable bonds is 0. The molecule has 116 valence electrons. The van der Waals surface area contributed by atoms with Gasteiger partial charge in [-0.1, -0.05) is 66.7 Å². The van der Waals surface area contributed by atoms with Gasteiger partial charge in [-0.3, -0.25) is 0 Å². The van der Waals surface area contributed by atoms with E-state index in [2.05, 4.69) is 66.7 Å². The van der Waals surface area contributed by atoms with Crippen LogP contribution in [0, 0.1) is 0 Å². The lowest BCUT2D eigenvalue weighted by Gasteiger charge is -2.17. The molecule has 1 nitrogen and oxygen atoms in total. The molecule has 0 aromatic heterocycles. The van der Waals surface area contributed by atoms with Gasteiger partial charge in [-0.05, 0) is 55.2 Å². The zero-order chi connectivity index (χ0) is 16.5. The van der Waals surface area contributed by atoms with Crippen molar-refractivity contribution < 1.29 is 5.11 Å². The minimum atomic E-state index is 0.349. The summed E-state index contributed by atoms with van der Waals surface area (Å²) in [5.41, 5.74) is 0. The fourth-order valence-electron chi connectivity index (χ4n) is 4.45. The van der Waals surface area contributed by atoms with Crippen LogP contribution in [0.3, 0.4) is 0 Å². The predicted molar refractivity (Wildman–Crippen MR) is 107 cm³/mol. The second-order valence-corrected chi connectivity index (χ2v) is 6.74. The van der Waals surface area contributed by atoms with Gasteiger partial charge >= 0.3 is 0 Å². The third kappa shape index (κ3) is 1.53. The first-order valence-corrected chi connectivity index (χ1v) is 8.53. The van der Waals surface area contributed by atoms with Gasteiger partial charge in [0.2, 0.25) is 0 Å². The molecule has 6 rings (SSSR count). The zero-order valence-corrected chi connectivity index (χ0v) is 13.5. The normalized spacial score (nSPS) is 12.2. The molecule has 1 heteroatoms. The van der Waals surface area contributed by atoms with E-state index in [1.54, 1.807) is 6.07 Å². The fraction of sp³-hybridized carbons (Fsp3) is 0. The first kappa shape index (κ1) is 13.0. The van der Waals surface area contributed by atoms with Crippen molar-refractivity contribution in [1.29, 1.82) is 0 Å². The van der Waals surface area contributed by atoms with Gasteiger partial charge in [-0.2, -0.15) is 0 Å². The number of fused-ring (bicyclic) bond motifs is 5. The molecule has 0 saturated carbocycles. The van der Waals surface area contributed by atoms with Crippen molar-refractivity contribution in [3.63, 3.8) is 0 Å². The summed E-state index contributed by atoms with van der Waals surface area (Å²) in [4.78, 5) is 0. The highest BCUT2D eigenvalue weighted by molar-refractivity contribution is 6.39. The molecular formula is C24H14O. The average molecular weight is 318 g/mol. The highest BCUT2D eigenvalue weighted by Gasteiger charge is 2.17. The Morgan fingerprint density at radius 3 is 2.04 bits per heavy atom. The Kier molecular flexibility index (Phi) is 2.29. The first-order valence-electron chi connectivity index (χ1n) is 8.53. The summed E-state index contributed by atoms with van der Waals surface area (Å²) in [6, 6.07) is 27.4. The highest BCUT2D eigenvalue weighted by Crippen LogP contribution is 2.45. The second-order valence-electron chi connectivity index (χ2n) is 6.74. The topological polar surface area (TPSA) is 20.2 Å². The molecule has 0 amide bonds. The standard InChI is InChI=1S/C24H14O/c25-20-10-4-9-19-18-8-3-6-14-11-12-16-13-15-5-1-2-7-17(15)24(23(19)20)22(16)21(14)18/h1-13,25H. The van der Waals surface area contributed by atoms with E-state index in [-0.39, 0.29) is 0 Å². The van der Waals surface area contributed by atoms with E-state index in [4.69, 9.17) is 0 Å². The third-order valence-electron chi connectivity index (χ3n) is 5.45. The molecule has 6 aromatic carbocycles. The highest BCUT2D eigenvalue weighted by atomic mass is 16.3. The molecule has 6 aromatic rings. The minimum Gasteiger partial charge on any atom is -0.507 e. The smallest absolute Gasteiger partial charge is 0.124 e. The van der Waals surface area contributed by atoms with E-state index in [9.17, 15) is 5.11 Å². The van der Waals surface area contributed by atoms with E-state index < -0.39 is 0 Å². The average Bonchev–Trinajstić information content (AvgIpc) is 2.66. The Bertz CT molecular complexity index is 1440. The lowest BCUT2D eigenvalue weighted by Crippen LogP contribution is -1.89. The van der Waals surface area contributed by atoms with E-state index in [1.165, 1.54) is 37.7 Å². The summed E-state index contributed by atoms with van der Waals surface area (Å²) in [5.74, 6) is 0.349. The lowest BCUT2D eigenvalue weighted by atomic mass is 9.86. The van der Waals surface area contributed by atoms with Gasteiger partial charge < -0.3 is 5.11 Å². The summed E-state index contributed by atoms with van der Waals surface area (Å²) in [7, 11) is 0. The second kappa shape index (κ2) is 4.40. The molecule has 0 aliphatic carbocycles. The Labute approximate surface area is 144 Å². The molecule has 0 atom stereocenters. The van der Waals surface area contributed by atoms with E-state index in [0.29, 0.717) is 5.75 Å². The van der Waals surface area contributed by atoms with Crippen LogP contribution in [0.1, 0.15) is 0 Å². The van der Waals surface area contributed by atoms with E-state index >= 15 is 0 Å². The maximum Gasteiger partial charge on any atom is 0.124 e. The SMILES string of the molecule is Oc1cccc2c3cccc4ccc5cc6ccccc6c(c12)c5c43. The van der Waals surface area contributed by atoms with Crippen LogP contribution in [0.2, 0.25) is 0 Å². The molecule has 0 bridgehead atoms. The van der Waals surface area contributed by atoms with Crippen molar-refractivity contribution in [3.8, 4) is 5.75 Å². The molecule has 0 aliphatic heterocycles. The van der Waals surface area contributed by atoms with Crippen molar-refractivity contribution in [3.05, 3.63) is 78.9 Å². The van der Waals surface area contributed by atoms with Crippen LogP contribution in [-0.2, 0) is 0 Å². The zero-order valence-electron chi connectivity index (χ0n) is 13.5. The van der Waals surface area contributed by atoms with Gasteiger partial charge in [0.05, 0.1) is 0 Å². The number of phenolic OH excluding ortho intramolecular Hbond substituents is 1. The van der Waals surface area contributed by atoms with Crippen molar-refractivity contribution in [2.24, 2.45) is 0 Å². The molecule has 0 radical (unpaired) electrons. The molecule has 0 aliphatic rings. The van der Waals surface area contributed by atoms with Crippen LogP contribution in [0.4, 0.5) is 0 Å². The maximum absolute atomic E-state index is 10.7. The summed E-state index contributed by atoms with van der Waals surface area (Å²) in [6.07, 6.45) is 0. The van der Waals surface area contributed by atoms with Gasteiger partial charge in [-0.15, -0.1) is 0 Å². The molecule has 0 heterocycles. The molecule has 0 saturated heterocycles. The van der Waals surface area contributed by atoms with Gasteiger partial charge in [-0.25, -0.2) is 0 Å². The Morgan fingerprint density at radius 2 is 1.12 bits per heavy atom. The van der Waals surface area contributed by atoms with E-state index in [0.717, 1.165) is 16.2 Å². The summed E-state index contributed by atoms with van der Waals surface area (Å²) in [6.45, 7) is 0.